The van der Waals surface area contributed by atoms with Gasteiger partial charge in [-0.05, 0) is 36.6 Å². The molecule has 0 amide bonds. The van der Waals surface area contributed by atoms with Gasteiger partial charge < -0.3 is 9.88 Å². The zero-order chi connectivity index (χ0) is 13.1. The van der Waals surface area contributed by atoms with E-state index in [2.05, 4.69) is 58.3 Å². The molecular formula is C16H17N3. The molecule has 3 heteroatoms. The Morgan fingerprint density at radius 2 is 2.11 bits per heavy atom. The minimum atomic E-state index is 0.828. The van der Waals surface area contributed by atoms with Gasteiger partial charge in [0.2, 0.25) is 0 Å². The van der Waals surface area contributed by atoms with Crippen LogP contribution in [-0.4, -0.2) is 9.55 Å². The van der Waals surface area contributed by atoms with Crippen LogP contribution in [-0.2, 0) is 13.1 Å². The number of fused-ring (bicyclic) bond motifs is 1. The summed E-state index contributed by atoms with van der Waals surface area (Å²) in [5.74, 6) is 0. The van der Waals surface area contributed by atoms with E-state index in [-0.39, 0.29) is 0 Å². The molecule has 0 spiro atoms. The Kier molecular flexibility index (Phi) is 3.19. The number of nitrogens with zero attached hydrogens (tertiary/aromatic N) is 2. The Morgan fingerprint density at radius 3 is 3.00 bits per heavy atom. The van der Waals surface area contributed by atoms with Crippen molar-refractivity contribution in [1.29, 1.82) is 0 Å². The Labute approximate surface area is 112 Å². The summed E-state index contributed by atoms with van der Waals surface area (Å²) in [6.45, 7) is 3.99. The van der Waals surface area contributed by atoms with E-state index in [1.807, 2.05) is 18.5 Å². The van der Waals surface area contributed by atoms with Crippen molar-refractivity contribution in [1.82, 2.24) is 9.55 Å². The smallest absolute Gasteiger partial charge is 0.0553 e. The van der Waals surface area contributed by atoms with Gasteiger partial charge >= 0.3 is 0 Å². The zero-order valence-electron chi connectivity index (χ0n) is 11.0. The van der Waals surface area contributed by atoms with Gasteiger partial charge in [0.25, 0.3) is 0 Å². The average molecular weight is 251 g/mol. The van der Waals surface area contributed by atoms with Crippen molar-refractivity contribution in [2.45, 2.75) is 20.0 Å². The number of hydrogen-bond donors (Lipinski definition) is 1. The van der Waals surface area contributed by atoms with Crippen LogP contribution >= 0.6 is 0 Å². The molecule has 0 aliphatic carbocycles. The van der Waals surface area contributed by atoms with E-state index in [9.17, 15) is 0 Å². The normalized spacial score (nSPS) is 10.8. The van der Waals surface area contributed by atoms with E-state index in [0.29, 0.717) is 0 Å². The third-order valence-electron chi connectivity index (χ3n) is 3.41. The van der Waals surface area contributed by atoms with Gasteiger partial charge in [-0.25, -0.2) is 0 Å². The molecule has 0 aliphatic heterocycles. The summed E-state index contributed by atoms with van der Waals surface area (Å²) in [5.41, 5.74) is 2.43. The van der Waals surface area contributed by atoms with Crippen LogP contribution in [0.15, 0.2) is 55.0 Å². The minimum absolute atomic E-state index is 0.828. The average Bonchev–Trinajstić information content (AvgIpc) is 2.92. The molecule has 19 heavy (non-hydrogen) atoms. The Bertz CT molecular complexity index is 680. The predicted octanol–water partition coefficient (Wildman–Crippen LogP) is 3.67. The van der Waals surface area contributed by atoms with E-state index in [1.54, 1.807) is 0 Å². The lowest BCUT2D eigenvalue weighted by molar-refractivity contribution is 0.724. The first-order valence-corrected chi connectivity index (χ1v) is 6.59. The summed E-state index contributed by atoms with van der Waals surface area (Å²) >= 11 is 0. The Balaban J connectivity index is 1.86. The maximum Gasteiger partial charge on any atom is 0.0553 e. The standard InChI is InChI=1S/C16H17N3/c1-2-19-10-4-6-14(19)11-18-16-7-3-5-13-8-9-17-12-15(13)16/h3-10,12,18H,2,11H2,1H3. The second-order valence-corrected chi connectivity index (χ2v) is 4.54. The van der Waals surface area contributed by atoms with Crippen LogP contribution < -0.4 is 5.32 Å². The van der Waals surface area contributed by atoms with Crippen LogP contribution in [0, 0.1) is 0 Å². The number of aromatic nitrogens is 2. The number of pyridine rings is 1. The number of benzene rings is 1. The van der Waals surface area contributed by atoms with Crippen molar-refractivity contribution in [3.8, 4) is 0 Å². The number of hydrogen-bond acceptors (Lipinski definition) is 2. The lowest BCUT2D eigenvalue weighted by atomic mass is 10.1. The molecule has 0 aliphatic rings. The SMILES string of the molecule is CCn1cccc1CNc1cccc2ccncc12. The van der Waals surface area contributed by atoms with Gasteiger partial charge in [0.15, 0.2) is 0 Å². The molecule has 3 aromatic rings. The summed E-state index contributed by atoms with van der Waals surface area (Å²) in [6, 6.07) is 12.6. The van der Waals surface area contributed by atoms with Crippen LogP contribution in [0.25, 0.3) is 10.8 Å². The Hall–Kier alpha value is -2.29. The van der Waals surface area contributed by atoms with Crippen LogP contribution in [0.5, 0.6) is 0 Å². The van der Waals surface area contributed by atoms with Gasteiger partial charge in [-0.3, -0.25) is 4.98 Å². The van der Waals surface area contributed by atoms with E-state index in [1.165, 1.54) is 16.5 Å². The molecule has 2 aromatic heterocycles. The van der Waals surface area contributed by atoms with Crippen molar-refractivity contribution in [2.75, 3.05) is 5.32 Å². The predicted molar refractivity (Wildman–Crippen MR) is 79.2 cm³/mol. The van der Waals surface area contributed by atoms with E-state index in [4.69, 9.17) is 0 Å². The molecule has 0 saturated carbocycles. The lowest BCUT2D eigenvalue weighted by Gasteiger charge is -2.11. The zero-order valence-corrected chi connectivity index (χ0v) is 11.0. The van der Waals surface area contributed by atoms with E-state index < -0.39 is 0 Å². The summed E-state index contributed by atoms with van der Waals surface area (Å²) in [6.07, 6.45) is 5.85. The fraction of sp³-hybridized carbons (Fsp3) is 0.188. The third-order valence-corrected chi connectivity index (χ3v) is 3.41. The van der Waals surface area contributed by atoms with Crippen molar-refractivity contribution in [3.63, 3.8) is 0 Å². The summed E-state index contributed by atoms with van der Waals surface area (Å²) < 4.78 is 2.25. The molecule has 0 atom stereocenters. The molecule has 0 bridgehead atoms. The van der Waals surface area contributed by atoms with Gasteiger partial charge in [-0.2, -0.15) is 0 Å². The lowest BCUT2D eigenvalue weighted by Crippen LogP contribution is -2.06. The Morgan fingerprint density at radius 1 is 1.16 bits per heavy atom. The molecule has 1 N–H and O–H groups in total. The van der Waals surface area contributed by atoms with Crippen molar-refractivity contribution in [3.05, 3.63) is 60.7 Å². The topological polar surface area (TPSA) is 29.9 Å². The number of anilines is 1. The molecular weight excluding hydrogens is 234 g/mol. The van der Waals surface area contributed by atoms with Crippen molar-refractivity contribution < 1.29 is 0 Å². The molecule has 3 nitrogen and oxygen atoms in total. The summed E-state index contributed by atoms with van der Waals surface area (Å²) in [5, 5.41) is 5.88. The minimum Gasteiger partial charge on any atom is -0.379 e. The molecule has 2 heterocycles. The molecule has 3 rings (SSSR count). The fourth-order valence-corrected chi connectivity index (χ4v) is 2.37. The first kappa shape index (κ1) is 11.8. The first-order chi connectivity index (χ1) is 9.38. The molecule has 0 saturated heterocycles. The van der Waals surface area contributed by atoms with Crippen molar-refractivity contribution >= 4 is 16.5 Å². The first-order valence-electron chi connectivity index (χ1n) is 6.59. The van der Waals surface area contributed by atoms with Crippen molar-refractivity contribution in [2.24, 2.45) is 0 Å². The second kappa shape index (κ2) is 5.14. The van der Waals surface area contributed by atoms with E-state index >= 15 is 0 Å². The quantitative estimate of drug-likeness (QED) is 0.766. The highest BCUT2D eigenvalue weighted by Gasteiger charge is 2.02. The summed E-state index contributed by atoms with van der Waals surface area (Å²) in [4.78, 5) is 4.21. The maximum atomic E-state index is 4.21. The molecule has 1 aromatic carbocycles. The molecule has 0 fully saturated rings. The molecule has 96 valence electrons. The van der Waals surface area contributed by atoms with Gasteiger partial charge in [-0.15, -0.1) is 0 Å². The number of nitrogens with one attached hydrogen (secondary N) is 1. The largest absolute Gasteiger partial charge is 0.379 e. The molecule has 0 unspecified atom stereocenters. The highest BCUT2D eigenvalue weighted by Crippen LogP contribution is 2.22. The summed E-state index contributed by atoms with van der Waals surface area (Å²) in [7, 11) is 0. The fourth-order valence-electron chi connectivity index (χ4n) is 2.37. The van der Waals surface area contributed by atoms with Crippen LogP contribution in [0.2, 0.25) is 0 Å². The molecule has 0 radical (unpaired) electrons. The van der Waals surface area contributed by atoms with Gasteiger partial charge in [0.1, 0.15) is 0 Å². The third kappa shape index (κ3) is 2.32. The van der Waals surface area contributed by atoms with Gasteiger partial charge in [0.05, 0.1) is 6.54 Å². The monoisotopic (exact) mass is 251 g/mol. The van der Waals surface area contributed by atoms with Crippen LogP contribution in [0.3, 0.4) is 0 Å². The van der Waals surface area contributed by atoms with Gasteiger partial charge in [-0.1, -0.05) is 12.1 Å². The van der Waals surface area contributed by atoms with Gasteiger partial charge in [0, 0.05) is 41.9 Å². The second-order valence-electron chi connectivity index (χ2n) is 4.54. The number of rotatable bonds is 4. The highest BCUT2D eigenvalue weighted by atomic mass is 15.0. The van der Waals surface area contributed by atoms with Crippen LogP contribution in [0.4, 0.5) is 5.69 Å². The number of aryl methyl sites for hydroxylation is 1. The van der Waals surface area contributed by atoms with E-state index in [0.717, 1.165) is 18.8 Å². The highest BCUT2D eigenvalue weighted by molar-refractivity contribution is 5.92. The maximum absolute atomic E-state index is 4.21. The van der Waals surface area contributed by atoms with Crippen LogP contribution in [0.1, 0.15) is 12.6 Å².